The fourth-order valence-corrected chi connectivity index (χ4v) is 9.90. The summed E-state index contributed by atoms with van der Waals surface area (Å²) in [5.74, 6) is 1.47. The minimum atomic E-state index is -1.84. The number of carbonyl (C=O) groups is 1. The van der Waals surface area contributed by atoms with Crippen LogP contribution in [-0.4, -0.2) is 95.0 Å². The van der Waals surface area contributed by atoms with Gasteiger partial charge in [0.05, 0.1) is 53.1 Å². The van der Waals surface area contributed by atoms with E-state index in [0.29, 0.717) is 5.56 Å². The number of nitrogens with zero attached hydrogens (tertiary/aromatic N) is 4. The van der Waals surface area contributed by atoms with E-state index in [4.69, 9.17) is 28.0 Å². The Bertz CT molecular complexity index is 2280. The maximum Gasteiger partial charge on any atom is 0.330 e. The zero-order valence-corrected chi connectivity index (χ0v) is 37.2. The number of benzene rings is 3. The molecule has 326 valence electrons. The second kappa shape index (κ2) is 19.8. The predicted molar refractivity (Wildman–Crippen MR) is 233 cm³/mol. The first kappa shape index (κ1) is 45.5. The molecule has 5 atom stereocenters. The molecule has 0 aliphatic carbocycles. The molecule has 1 unspecified atom stereocenters. The number of nitriles is 1. The smallest absolute Gasteiger partial charge is 0.330 e. The van der Waals surface area contributed by atoms with Gasteiger partial charge in [0.15, 0.2) is 6.23 Å². The van der Waals surface area contributed by atoms with Crippen LogP contribution in [0.5, 0.6) is 11.5 Å². The molecule has 1 aromatic heterocycles. The third kappa shape index (κ3) is 9.86. The van der Waals surface area contributed by atoms with Crippen molar-refractivity contribution in [3.05, 3.63) is 105 Å². The van der Waals surface area contributed by atoms with Crippen molar-refractivity contribution in [3.63, 3.8) is 0 Å². The van der Waals surface area contributed by atoms with Gasteiger partial charge in [-0.2, -0.15) is 5.26 Å². The van der Waals surface area contributed by atoms with E-state index in [1.54, 1.807) is 26.0 Å². The van der Waals surface area contributed by atoms with Crippen LogP contribution in [0, 0.1) is 18.3 Å². The van der Waals surface area contributed by atoms with E-state index in [-0.39, 0.29) is 56.9 Å². The lowest BCUT2D eigenvalue weighted by Gasteiger charge is -2.38. The fraction of sp³-hybridized carbons (Fsp3) is 0.467. The first-order chi connectivity index (χ1) is 29.2. The maximum atomic E-state index is 14.1. The van der Waals surface area contributed by atoms with Crippen LogP contribution in [0.2, 0.25) is 0 Å². The van der Waals surface area contributed by atoms with Crippen LogP contribution in [0.4, 0.5) is 4.79 Å². The largest absolute Gasteiger partial charge is 0.497 e. The molecule has 2 aliphatic rings. The number of ether oxygens (including phenoxy) is 4. The summed E-state index contributed by atoms with van der Waals surface area (Å²) in [5, 5.41) is 12.4. The summed E-state index contributed by atoms with van der Waals surface area (Å²) < 4.78 is 41.5. The molecule has 3 heterocycles. The number of rotatable bonds is 18. The summed E-state index contributed by atoms with van der Waals surface area (Å²) in [6.07, 6.45) is -0.355. The number of carbonyl (C=O) groups excluding carboxylic acids is 1. The molecule has 2 N–H and O–H groups in total. The van der Waals surface area contributed by atoms with Gasteiger partial charge in [-0.05, 0) is 101 Å². The minimum absolute atomic E-state index is 0.0182. The van der Waals surface area contributed by atoms with Crippen LogP contribution in [0.25, 0.3) is 22.3 Å². The van der Waals surface area contributed by atoms with E-state index in [9.17, 15) is 19.6 Å². The molecule has 2 aliphatic heterocycles. The highest BCUT2D eigenvalue weighted by molar-refractivity contribution is 7.44. The van der Waals surface area contributed by atoms with E-state index in [1.807, 2.05) is 102 Å². The maximum absolute atomic E-state index is 14.1. The highest BCUT2D eigenvalue weighted by Gasteiger charge is 2.67. The van der Waals surface area contributed by atoms with Gasteiger partial charge in [-0.3, -0.25) is 14.3 Å². The van der Waals surface area contributed by atoms with Crippen molar-refractivity contribution >= 4 is 14.6 Å². The normalized spacial score (nSPS) is 20.1. The van der Waals surface area contributed by atoms with Gasteiger partial charge in [0.25, 0.3) is 14.1 Å². The lowest BCUT2D eigenvalue weighted by Crippen LogP contribution is -2.55. The van der Waals surface area contributed by atoms with Crippen molar-refractivity contribution in [2.45, 2.75) is 104 Å². The van der Waals surface area contributed by atoms with Crippen molar-refractivity contribution in [1.29, 1.82) is 5.26 Å². The Balaban J connectivity index is 1.44. The summed E-state index contributed by atoms with van der Waals surface area (Å²) in [4.78, 5) is 44.3. The van der Waals surface area contributed by atoms with Crippen molar-refractivity contribution in [1.82, 2.24) is 24.4 Å². The number of aromatic amines is 1. The number of aryl methyl sites for hydroxylation is 1. The third-order valence-corrected chi connectivity index (χ3v) is 12.9. The lowest BCUT2D eigenvalue weighted by molar-refractivity contribution is -0.158. The molecule has 3 aromatic carbocycles. The average Bonchev–Trinajstić information content (AvgIpc) is 3.70. The van der Waals surface area contributed by atoms with Crippen LogP contribution in [0.3, 0.4) is 0 Å². The Hall–Kier alpha value is -5.07. The van der Waals surface area contributed by atoms with Crippen LogP contribution in [-0.2, 0) is 25.1 Å². The molecular formula is C45H57N6O9P. The van der Waals surface area contributed by atoms with E-state index in [1.165, 1.54) is 10.8 Å². The van der Waals surface area contributed by atoms with Crippen LogP contribution in [0.1, 0.15) is 65.3 Å². The summed E-state index contributed by atoms with van der Waals surface area (Å²) in [6.45, 7) is 13.8. The molecule has 16 heteroatoms. The highest BCUT2D eigenvalue weighted by Crippen LogP contribution is 2.56. The summed E-state index contributed by atoms with van der Waals surface area (Å²) in [7, 11) is 1.43. The Morgan fingerprint density at radius 3 is 2.21 bits per heavy atom. The number of morpholine rings is 1. The van der Waals surface area contributed by atoms with Crippen LogP contribution in [0.15, 0.2) is 82.5 Å². The third-order valence-electron chi connectivity index (χ3n) is 10.8. The van der Waals surface area contributed by atoms with Gasteiger partial charge in [0, 0.05) is 29.9 Å². The number of methoxy groups -OCH3 is 2. The topological polar surface area (TPSA) is 170 Å². The number of hydrogen-bond acceptors (Lipinski definition) is 11. The number of H-pyrrole nitrogens is 1. The first-order valence-electron chi connectivity index (χ1n) is 20.5. The molecule has 2 amide bonds. The molecular weight excluding hydrogens is 800 g/mol. The predicted octanol–water partition coefficient (Wildman–Crippen LogP) is 7.14. The number of urea groups is 1. The first-order valence-corrected chi connectivity index (χ1v) is 21.6. The molecule has 0 radical (unpaired) electrons. The molecule has 0 saturated carbocycles. The van der Waals surface area contributed by atoms with Gasteiger partial charge in [0.1, 0.15) is 29.2 Å². The second-order valence-corrected chi connectivity index (χ2v) is 17.5. The molecule has 6 rings (SSSR count). The van der Waals surface area contributed by atoms with E-state index >= 15 is 0 Å². The standard InChI is InChI=1S/C45H57N6O9P/c1-28(2)47-43(53)50-26-45(27-57-25-34-12-10-13-37(32-14-18-35(55-8)19-15-32)38(34)33-16-20-36(56-9)21-17-33)40(60-61(58-23-11-22-46)51(29(3)4)30(5)6)39(50)42(59-45)49-24-31(7)41(52)48-44(49)54/h10,12-21,24,28-30,39-40,42H,11,23,25-27H2,1-9H3,(H,47,53)(H,48,52,54)/t39-,40+,42-,45-,61?/m1/s1. The molecule has 0 spiro atoms. The highest BCUT2D eigenvalue weighted by atomic mass is 31.2. The average molecular weight is 857 g/mol. The quantitative estimate of drug-likeness (QED) is 0.0771. The molecule has 2 fully saturated rings. The Kier molecular flexibility index (Phi) is 14.7. The summed E-state index contributed by atoms with van der Waals surface area (Å²) >= 11 is 0. The number of aromatic nitrogens is 2. The molecule has 61 heavy (non-hydrogen) atoms. The molecule has 2 bridgehead atoms. The summed E-state index contributed by atoms with van der Waals surface area (Å²) in [5.41, 5.74) is 2.54. The van der Waals surface area contributed by atoms with Gasteiger partial charge >= 0.3 is 11.7 Å². The summed E-state index contributed by atoms with van der Waals surface area (Å²) in [6, 6.07) is 22.5. The number of fused-ring (bicyclic) bond motifs is 2. The fourth-order valence-electron chi connectivity index (χ4n) is 8.09. The van der Waals surface area contributed by atoms with Gasteiger partial charge in [0.2, 0.25) is 0 Å². The van der Waals surface area contributed by atoms with Crippen LogP contribution >= 0.6 is 8.53 Å². The Morgan fingerprint density at radius 2 is 1.62 bits per heavy atom. The molecule has 2 saturated heterocycles. The monoisotopic (exact) mass is 856 g/mol. The van der Waals surface area contributed by atoms with Gasteiger partial charge in [-0.1, -0.05) is 42.5 Å². The van der Waals surface area contributed by atoms with E-state index < -0.39 is 43.7 Å². The number of nitrogens with one attached hydrogen (secondary N) is 2. The second-order valence-electron chi connectivity index (χ2n) is 16.1. The Morgan fingerprint density at radius 1 is 0.984 bits per heavy atom. The SMILES string of the molecule is COc1ccc(-c2cccc(COC[C@@]34CN(C(=O)NC(C)C)[C@@H]([C@H](n5cc(C)c(=O)[nH]c5=O)O3)[C@@H]4OP(OCCC#N)N(C(C)C)C(C)C)c2-c2ccc(OC)cc2)cc1. The number of hydrogen-bond donors (Lipinski definition) is 2. The molecule has 15 nitrogen and oxygen atoms in total. The lowest BCUT2D eigenvalue weighted by atomic mass is 9.90. The van der Waals surface area contributed by atoms with Gasteiger partial charge in [-0.25, -0.2) is 14.3 Å². The van der Waals surface area contributed by atoms with Gasteiger partial charge in [-0.15, -0.1) is 0 Å². The minimum Gasteiger partial charge on any atom is -0.497 e. The van der Waals surface area contributed by atoms with E-state index in [2.05, 4.69) is 27.1 Å². The van der Waals surface area contributed by atoms with Crippen molar-refractivity contribution < 1.29 is 32.8 Å². The number of amides is 2. The molecule has 4 aromatic rings. The zero-order chi connectivity index (χ0) is 44.0. The van der Waals surface area contributed by atoms with Crippen LogP contribution < -0.4 is 26.0 Å². The van der Waals surface area contributed by atoms with Gasteiger partial charge < -0.3 is 38.2 Å². The number of likely N-dealkylation sites (tertiary alicyclic amines) is 1. The van der Waals surface area contributed by atoms with Crippen molar-refractivity contribution in [2.24, 2.45) is 0 Å². The van der Waals surface area contributed by atoms with Crippen molar-refractivity contribution in [3.8, 4) is 39.8 Å². The van der Waals surface area contributed by atoms with E-state index in [0.717, 1.165) is 39.3 Å². The zero-order valence-electron chi connectivity index (χ0n) is 36.3. The van der Waals surface area contributed by atoms with Crippen molar-refractivity contribution in [2.75, 3.05) is 34.0 Å². The Labute approximate surface area is 358 Å².